The third kappa shape index (κ3) is 4.18. The molecule has 0 aliphatic carbocycles. The molecule has 0 radical (unpaired) electrons. The number of hydrogen-bond donors (Lipinski definition) is 0. The van der Waals surface area contributed by atoms with Gasteiger partial charge in [0.15, 0.2) is 7.14 Å². The first-order valence-corrected chi connectivity index (χ1v) is 9.93. The van der Waals surface area contributed by atoms with Crippen LogP contribution in [0.3, 0.4) is 0 Å². The van der Waals surface area contributed by atoms with Crippen molar-refractivity contribution in [2.75, 3.05) is 0 Å². The summed E-state index contributed by atoms with van der Waals surface area (Å²) in [4.78, 5) is 0. The maximum atomic E-state index is 13.9. The molecule has 0 aliphatic rings. The summed E-state index contributed by atoms with van der Waals surface area (Å²) in [5.74, 6) is 8.09. The lowest BCUT2D eigenvalue weighted by Gasteiger charge is -2.15. The first kappa shape index (κ1) is 17.0. The highest BCUT2D eigenvalue weighted by Crippen LogP contribution is 2.45. The zero-order valence-electron chi connectivity index (χ0n) is 14.1. The topological polar surface area (TPSA) is 17.1 Å². The number of hydrogen-bond acceptors (Lipinski definition) is 1. The van der Waals surface area contributed by atoms with Gasteiger partial charge < -0.3 is 4.57 Å². The molecule has 1 nitrogen and oxygen atoms in total. The summed E-state index contributed by atoms with van der Waals surface area (Å²) in [6.07, 6.45) is 0. The van der Waals surface area contributed by atoms with Crippen LogP contribution in [0.1, 0.15) is 12.5 Å². The van der Waals surface area contributed by atoms with Gasteiger partial charge in [-0.25, -0.2) is 0 Å². The van der Waals surface area contributed by atoms with Gasteiger partial charge in [-0.15, -0.1) is 0 Å². The summed E-state index contributed by atoms with van der Waals surface area (Å²) in [5.41, 5.74) is 1.75. The van der Waals surface area contributed by atoms with E-state index in [1.807, 2.05) is 104 Å². The maximum absolute atomic E-state index is 13.9. The summed E-state index contributed by atoms with van der Waals surface area (Å²) in [7, 11) is -2.87. The molecule has 0 N–H and O–H groups in total. The summed E-state index contributed by atoms with van der Waals surface area (Å²) in [5, 5.41) is 1.64. The molecule has 0 saturated heterocycles. The molecular weight excluding hydrogens is 323 g/mol. The summed E-state index contributed by atoms with van der Waals surface area (Å²) < 4.78 is 13.9. The van der Waals surface area contributed by atoms with E-state index in [1.54, 1.807) is 0 Å². The Morgan fingerprint density at radius 1 is 0.760 bits per heavy atom. The van der Waals surface area contributed by atoms with Crippen LogP contribution in [0.5, 0.6) is 0 Å². The molecule has 0 saturated carbocycles. The minimum atomic E-state index is -2.87. The van der Waals surface area contributed by atoms with E-state index in [9.17, 15) is 4.57 Å². The van der Waals surface area contributed by atoms with Crippen LogP contribution in [0.4, 0.5) is 0 Å². The first-order valence-electron chi connectivity index (χ1n) is 8.16. The molecule has 3 aromatic carbocycles. The Kier molecular flexibility index (Phi) is 5.34. The summed E-state index contributed by atoms with van der Waals surface area (Å²) in [6, 6.07) is 29.0. The van der Waals surface area contributed by atoms with E-state index in [0.717, 1.165) is 21.7 Å². The van der Waals surface area contributed by atoms with Gasteiger partial charge in [0.25, 0.3) is 0 Å². The lowest BCUT2D eigenvalue weighted by molar-refractivity contribution is 0.592. The highest BCUT2D eigenvalue weighted by molar-refractivity contribution is 7.81. The van der Waals surface area contributed by atoms with Crippen LogP contribution in [0.15, 0.2) is 102 Å². The third-order valence-electron chi connectivity index (χ3n) is 3.83. The molecule has 3 rings (SSSR count). The summed E-state index contributed by atoms with van der Waals surface area (Å²) in [6.45, 7) is 1.91. The molecule has 0 amide bonds. The fourth-order valence-corrected chi connectivity index (χ4v) is 5.03. The van der Waals surface area contributed by atoms with E-state index in [4.69, 9.17) is 0 Å². The van der Waals surface area contributed by atoms with Crippen molar-refractivity contribution in [1.29, 1.82) is 0 Å². The van der Waals surface area contributed by atoms with Crippen LogP contribution in [-0.4, -0.2) is 0 Å². The highest BCUT2D eigenvalue weighted by Gasteiger charge is 2.24. The van der Waals surface area contributed by atoms with E-state index in [2.05, 4.69) is 11.8 Å². The van der Waals surface area contributed by atoms with Crippen molar-refractivity contribution in [3.63, 3.8) is 0 Å². The fraction of sp³-hybridized carbons (Fsp3) is 0.0435. The number of benzene rings is 3. The Balaban J connectivity index is 2.05. The molecule has 0 heterocycles. The van der Waals surface area contributed by atoms with Crippen LogP contribution in [-0.2, 0) is 4.57 Å². The van der Waals surface area contributed by atoms with Gasteiger partial charge in [-0.1, -0.05) is 90.7 Å². The average molecular weight is 342 g/mol. The van der Waals surface area contributed by atoms with E-state index >= 15 is 0 Å². The summed E-state index contributed by atoms with van der Waals surface area (Å²) >= 11 is 0. The monoisotopic (exact) mass is 342 g/mol. The molecule has 0 fully saturated rings. The second kappa shape index (κ2) is 7.84. The molecule has 122 valence electrons. The van der Waals surface area contributed by atoms with Crippen molar-refractivity contribution >= 4 is 17.8 Å². The van der Waals surface area contributed by atoms with Gasteiger partial charge in [-0.05, 0) is 24.9 Å². The van der Waals surface area contributed by atoms with Crippen molar-refractivity contribution in [3.8, 4) is 11.8 Å². The quantitative estimate of drug-likeness (QED) is 0.486. The van der Waals surface area contributed by atoms with Crippen molar-refractivity contribution < 1.29 is 4.57 Å². The van der Waals surface area contributed by atoms with Crippen LogP contribution >= 0.6 is 7.14 Å². The van der Waals surface area contributed by atoms with Gasteiger partial charge in [-0.2, -0.15) is 0 Å². The zero-order valence-corrected chi connectivity index (χ0v) is 15.0. The lowest BCUT2D eigenvalue weighted by atomic mass is 10.2. The first-order chi connectivity index (χ1) is 12.2. The van der Waals surface area contributed by atoms with Gasteiger partial charge in [0.2, 0.25) is 0 Å². The van der Waals surface area contributed by atoms with Gasteiger partial charge in [0.1, 0.15) is 0 Å². The Morgan fingerprint density at radius 3 is 1.68 bits per heavy atom. The second-order valence-corrected chi connectivity index (χ2v) is 8.36. The Morgan fingerprint density at radius 2 is 1.20 bits per heavy atom. The van der Waals surface area contributed by atoms with Crippen LogP contribution in [0.25, 0.3) is 0 Å². The van der Waals surface area contributed by atoms with Crippen LogP contribution < -0.4 is 10.6 Å². The number of allylic oxidation sites excluding steroid dienone is 1. The Hall–Kier alpha value is -2.81. The molecule has 0 aromatic heterocycles. The third-order valence-corrected chi connectivity index (χ3v) is 6.71. The van der Waals surface area contributed by atoms with Crippen LogP contribution in [0.2, 0.25) is 0 Å². The SMILES string of the molecule is C/C(C#Cc1ccccc1)=C\P(=O)(c1ccccc1)c1ccccc1. The predicted octanol–water partition coefficient (Wildman–Crippen LogP) is 4.96. The van der Waals surface area contributed by atoms with E-state index < -0.39 is 7.14 Å². The molecule has 0 aliphatic heterocycles. The Labute approximate surface area is 149 Å². The molecule has 0 unspecified atom stereocenters. The largest absolute Gasteiger partial charge is 0.309 e. The fourth-order valence-electron chi connectivity index (χ4n) is 2.59. The average Bonchev–Trinajstić information content (AvgIpc) is 2.68. The standard InChI is InChI=1S/C23H19OP/c1-20(17-18-21-11-5-2-6-12-21)19-25(24,22-13-7-3-8-14-22)23-15-9-4-10-16-23/h2-16,19H,1H3/b20-19+. The maximum Gasteiger partial charge on any atom is 0.165 e. The molecular formula is C23H19OP. The number of rotatable bonds is 3. The van der Waals surface area contributed by atoms with Gasteiger partial charge in [0, 0.05) is 21.7 Å². The molecule has 0 atom stereocenters. The molecule has 0 bridgehead atoms. The van der Waals surface area contributed by atoms with Crippen molar-refractivity contribution in [2.45, 2.75) is 6.92 Å². The van der Waals surface area contributed by atoms with E-state index in [0.29, 0.717) is 0 Å². The highest BCUT2D eigenvalue weighted by atomic mass is 31.2. The normalized spacial score (nSPS) is 11.5. The zero-order chi connectivity index (χ0) is 17.5. The van der Waals surface area contributed by atoms with Gasteiger partial charge in [-0.3, -0.25) is 0 Å². The molecule has 0 spiro atoms. The van der Waals surface area contributed by atoms with Crippen molar-refractivity contribution in [3.05, 3.63) is 108 Å². The molecule has 2 heteroatoms. The van der Waals surface area contributed by atoms with Crippen LogP contribution in [0, 0.1) is 11.8 Å². The molecule has 25 heavy (non-hydrogen) atoms. The van der Waals surface area contributed by atoms with Gasteiger partial charge in [0.05, 0.1) is 0 Å². The molecule has 3 aromatic rings. The van der Waals surface area contributed by atoms with Gasteiger partial charge >= 0.3 is 0 Å². The minimum absolute atomic E-state index is 0.805. The Bertz CT molecular complexity index is 919. The van der Waals surface area contributed by atoms with Crippen molar-refractivity contribution in [1.82, 2.24) is 0 Å². The minimum Gasteiger partial charge on any atom is -0.309 e. The van der Waals surface area contributed by atoms with E-state index in [1.165, 1.54) is 0 Å². The van der Waals surface area contributed by atoms with Crippen molar-refractivity contribution in [2.24, 2.45) is 0 Å². The lowest BCUT2D eigenvalue weighted by Crippen LogP contribution is -2.14. The smallest absolute Gasteiger partial charge is 0.165 e. The van der Waals surface area contributed by atoms with E-state index in [-0.39, 0.29) is 0 Å². The second-order valence-electron chi connectivity index (χ2n) is 5.76. The predicted molar refractivity (Wildman–Crippen MR) is 107 cm³/mol.